The highest BCUT2D eigenvalue weighted by molar-refractivity contribution is 14.1. The van der Waals surface area contributed by atoms with Gasteiger partial charge in [-0.05, 0) is 92.7 Å². The quantitative estimate of drug-likeness (QED) is 0.109. The molecule has 0 bridgehead atoms. The predicted octanol–water partition coefficient (Wildman–Crippen LogP) is 4.52. The van der Waals surface area contributed by atoms with E-state index >= 15 is 0 Å². The van der Waals surface area contributed by atoms with Gasteiger partial charge in [0.05, 0.1) is 11.5 Å². The Kier molecular flexibility index (Phi) is 9.39. The number of carbonyl (C=O) groups excluding carboxylic acids is 2. The van der Waals surface area contributed by atoms with Gasteiger partial charge in [-0.15, -0.1) is 0 Å². The second-order valence-corrected chi connectivity index (χ2v) is 11.8. The van der Waals surface area contributed by atoms with Crippen molar-refractivity contribution in [2.75, 3.05) is 0 Å². The normalized spacial score (nSPS) is 20.3. The van der Waals surface area contributed by atoms with Gasteiger partial charge >= 0.3 is 27.5 Å². The Hall–Kier alpha value is -0.350. The molecular weight excluding hydrogens is 822 g/mol. The topological polar surface area (TPSA) is 110 Å². The molecule has 16 heteroatoms. The molecule has 0 saturated carbocycles. The van der Waals surface area contributed by atoms with Crippen LogP contribution in [0.4, 0.5) is 22.0 Å². The van der Waals surface area contributed by atoms with Crippen LogP contribution in [0.15, 0.2) is 24.3 Å². The highest BCUT2D eigenvalue weighted by atomic mass is 127. The Morgan fingerprint density at radius 3 is 2.18 bits per heavy atom. The Balaban J connectivity index is 2.11. The van der Waals surface area contributed by atoms with Crippen molar-refractivity contribution in [3.63, 3.8) is 0 Å². The lowest BCUT2D eigenvalue weighted by atomic mass is 9.92. The van der Waals surface area contributed by atoms with Gasteiger partial charge in [-0.3, -0.25) is 14.1 Å². The predicted molar refractivity (Wildman–Crippen MR) is 130 cm³/mol. The summed E-state index contributed by atoms with van der Waals surface area (Å²) in [6.07, 6.45) is -8.05. The zero-order chi connectivity index (χ0) is 25.4. The van der Waals surface area contributed by atoms with Gasteiger partial charge in [0.25, 0.3) is 12.0 Å². The fourth-order valence-corrected chi connectivity index (χ4v) is 5.62. The summed E-state index contributed by atoms with van der Waals surface area (Å²) in [7, 11) is -6.52. The molecule has 3 atom stereocenters. The van der Waals surface area contributed by atoms with E-state index in [1.54, 1.807) is 6.07 Å². The molecule has 3 unspecified atom stereocenters. The number of alkyl halides is 5. The Labute approximate surface area is 225 Å². The maximum atomic E-state index is 13.6. The lowest BCUT2D eigenvalue weighted by Gasteiger charge is -2.28. The SMILES string of the molecule is O=C(NC1C=CC(C(=O)OC(C(F)(F)F)C(F)(F)S(=O)(=O)O)CC1)c1cc(I)cc(I)c1I. The van der Waals surface area contributed by atoms with E-state index < -0.39 is 51.5 Å². The van der Waals surface area contributed by atoms with E-state index in [0.29, 0.717) is 9.13 Å². The minimum Gasteiger partial charge on any atom is -0.444 e. The summed E-state index contributed by atoms with van der Waals surface area (Å²) in [5.41, 5.74) is 0.405. The van der Waals surface area contributed by atoms with Crippen molar-refractivity contribution in [2.24, 2.45) is 5.92 Å². The number of amides is 1. The molecule has 0 spiro atoms. The van der Waals surface area contributed by atoms with Crippen molar-refractivity contribution in [3.05, 3.63) is 40.6 Å². The number of esters is 1. The van der Waals surface area contributed by atoms with Gasteiger partial charge in [0, 0.05) is 16.8 Å². The molecule has 1 aromatic carbocycles. The number of hydrogen-bond donors (Lipinski definition) is 2. The number of nitrogens with one attached hydrogen (secondary N) is 1. The Morgan fingerprint density at radius 1 is 1.09 bits per heavy atom. The number of ether oxygens (including phenoxy) is 1. The van der Waals surface area contributed by atoms with E-state index in [1.807, 2.05) is 51.2 Å². The minimum atomic E-state index is -6.52. The third-order valence-corrected chi connectivity index (χ3v) is 8.97. The second-order valence-electron chi connectivity index (χ2n) is 6.79. The molecule has 0 heterocycles. The summed E-state index contributed by atoms with van der Waals surface area (Å²) in [4.78, 5) is 24.6. The average molecular weight is 835 g/mol. The molecule has 1 aliphatic carbocycles. The Bertz CT molecular complexity index is 1080. The van der Waals surface area contributed by atoms with Crippen LogP contribution in [0.5, 0.6) is 0 Å². The van der Waals surface area contributed by atoms with Crippen molar-refractivity contribution in [1.29, 1.82) is 0 Å². The van der Waals surface area contributed by atoms with Crippen LogP contribution in [0.2, 0.25) is 0 Å². The molecule has 2 rings (SSSR count). The number of benzene rings is 1. The van der Waals surface area contributed by atoms with Gasteiger partial charge in [0.15, 0.2) is 0 Å². The van der Waals surface area contributed by atoms with E-state index in [1.165, 1.54) is 6.08 Å². The van der Waals surface area contributed by atoms with Crippen LogP contribution in [0.1, 0.15) is 23.2 Å². The van der Waals surface area contributed by atoms with Crippen LogP contribution >= 0.6 is 67.8 Å². The van der Waals surface area contributed by atoms with Crippen molar-refractivity contribution < 1.29 is 49.2 Å². The van der Waals surface area contributed by atoms with E-state index in [4.69, 9.17) is 4.55 Å². The van der Waals surface area contributed by atoms with Gasteiger partial charge in [0.2, 0.25) is 0 Å². The largest absolute Gasteiger partial charge is 0.444 e. The van der Waals surface area contributed by atoms with Crippen LogP contribution in [0.3, 0.4) is 0 Å². The summed E-state index contributed by atoms with van der Waals surface area (Å²) in [5, 5.41) is -3.10. The smallest absolute Gasteiger partial charge is 0.432 e. The molecule has 1 aromatic rings. The van der Waals surface area contributed by atoms with Crippen molar-refractivity contribution in [3.8, 4) is 0 Å². The fraction of sp³-hybridized carbons (Fsp3) is 0.412. The fourth-order valence-electron chi connectivity index (χ4n) is 2.77. The summed E-state index contributed by atoms with van der Waals surface area (Å²) in [6.45, 7) is 0. The van der Waals surface area contributed by atoms with Crippen molar-refractivity contribution in [2.45, 2.75) is 36.4 Å². The van der Waals surface area contributed by atoms with Crippen LogP contribution in [0, 0.1) is 16.6 Å². The Morgan fingerprint density at radius 2 is 1.70 bits per heavy atom. The van der Waals surface area contributed by atoms with Crippen molar-refractivity contribution in [1.82, 2.24) is 5.32 Å². The third kappa shape index (κ3) is 7.09. The average Bonchev–Trinajstić information content (AvgIpc) is 2.67. The molecular formula is C17H13F5I3NO6S. The lowest BCUT2D eigenvalue weighted by molar-refractivity contribution is -0.260. The van der Waals surface area contributed by atoms with E-state index in [9.17, 15) is 40.0 Å². The molecule has 0 radical (unpaired) electrons. The highest BCUT2D eigenvalue weighted by Gasteiger charge is 2.66. The zero-order valence-electron chi connectivity index (χ0n) is 15.9. The van der Waals surface area contributed by atoms with Crippen LogP contribution in [-0.4, -0.2) is 48.4 Å². The molecule has 0 aliphatic heterocycles. The molecule has 1 aliphatic rings. The number of hydrogen-bond acceptors (Lipinski definition) is 5. The summed E-state index contributed by atoms with van der Waals surface area (Å²) in [6, 6.07) is 2.94. The number of rotatable bonds is 6. The second kappa shape index (κ2) is 10.7. The maximum Gasteiger partial charge on any atom is 0.432 e. The summed E-state index contributed by atoms with van der Waals surface area (Å²) >= 11 is 6.12. The molecule has 0 saturated heterocycles. The van der Waals surface area contributed by atoms with Crippen LogP contribution in [0.25, 0.3) is 0 Å². The molecule has 2 N–H and O–H groups in total. The molecule has 33 heavy (non-hydrogen) atoms. The van der Waals surface area contributed by atoms with E-state index in [2.05, 4.69) is 32.6 Å². The first-order chi connectivity index (χ1) is 14.9. The van der Waals surface area contributed by atoms with E-state index in [0.717, 1.165) is 13.2 Å². The maximum absolute atomic E-state index is 13.6. The van der Waals surface area contributed by atoms with Crippen LogP contribution < -0.4 is 5.32 Å². The molecule has 0 aromatic heterocycles. The standard InChI is InChI=1S/C17H13F5I3NO6S/c18-16(19,20)15(17(21,22)33(29,30)31)32-14(28)7-1-3-9(4-2-7)26-13(27)10-5-8(23)6-11(24)12(10)25/h1,3,5-7,9,15H,2,4H2,(H,26,27)(H,29,30,31). The van der Waals surface area contributed by atoms with Gasteiger partial charge in [-0.25, -0.2) is 0 Å². The number of halogens is 8. The van der Waals surface area contributed by atoms with Gasteiger partial charge in [-0.1, -0.05) is 12.2 Å². The molecule has 7 nitrogen and oxygen atoms in total. The summed E-state index contributed by atoms with van der Waals surface area (Å²) in [5.74, 6) is -3.56. The first-order valence-corrected chi connectivity index (χ1v) is 13.4. The first kappa shape index (κ1) is 28.9. The lowest BCUT2D eigenvalue weighted by Crippen LogP contribution is -2.52. The zero-order valence-corrected chi connectivity index (χ0v) is 23.2. The van der Waals surface area contributed by atoms with Gasteiger partial charge in [0.1, 0.15) is 0 Å². The van der Waals surface area contributed by atoms with E-state index in [-0.39, 0.29) is 12.8 Å². The first-order valence-electron chi connectivity index (χ1n) is 8.71. The minimum absolute atomic E-state index is 0.0744. The molecule has 0 fully saturated rings. The number of carbonyl (C=O) groups is 2. The molecule has 184 valence electrons. The van der Waals surface area contributed by atoms with Crippen LogP contribution in [-0.2, 0) is 19.6 Å². The van der Waals surface area contributed by atoms with Crippen molar-refractivity contribution >= 4 is 89.8 Å². The highest BCUT2D eigenvalue weighted by Crippen LogP contribution is 2.39. The third-order valence-electron chi connectivity index (χ3n) is 4.40. The van der Waals surface area contributed by atoms with Gasteiger partial charge < -0.3 is 10.1 Å². The molecule has 1 amide bonds. The monoisotopic (exact) mass is 835 g/mol. The van der Waals surface area contributed by atoms with Gasteiger partial charge in [-0.2, -0.15) is 30.4 Å². The summed E-state index contributed by atoms with van der Waals surface area (Å²) < 4.78 is 102.